The van der Waals surface area contributed by atoms with E-state index in [2.05, 4.69) is 15.2 Å². The van der Waals surface area contributed by atoms with Crippen molar-refractivity contribution in [1.82, 2.24) is 14.6 Å². The van der Waals surface area contributed by atoms with Crippen LogP contribution >= 0.6 is 11.3 Å². The lowest BCUT2D eigenvalue weighted by Gasteiger charge is -2.34. The van der Waals surface area contributed by atoms with Crippen molar-refractivity contribution in [2.75, 3.05) is 43.4 Å². The number of sulfonamides is 1. The summed E-state index contributed by atoms with van der Waals surface area (Å²) in [6, 6.07) is 7.70. The molecule has 0 aliphatic carbocycles. The lowest BCUT2D eigenvalue weighted by molar-refractivity contribution is -0.120. The number of nitrogens with zero attached hydrogens (tertiary/aromatic N) is 3. The van der Waals surface area contributed by atoms with E-state index in [0.29, 0.717) is 39.0 Å². The first-order chi connectivity index (χ1) is 13.0. The maximum atomic E-state index is 12.5. The van der Waals surface area contributed by atoms with Gasteiger partial charge < -0.3 is 10.2 Å². The highest BCUT2D eigenvalue weighted by atomic mass is 32.2. The Morgan fingerprint density at radius 2 is 2.00 bits per heavy atom. The van der Waals surface area contributed by atoms with E-state index in [1.54, 1.807) is 17.5 Å². The molecule has 0 bridgehead atoms. The molecular weight excluding hydrogens is 384 g/mol. The number of hydrogen-bond donors (Lipinski definition) is 1. The standard InChI is InChI=1S/C18H24N4O3S2/c23-18(5-4-16-6-13-26-15-16)20-8-14-27(24,25)22-11-9-21(10-12-22)17-3-1-2-7-19-17/h1-3,6-7,13,15H,4-5,8-12,14H2,(H,20,23). The molecule has 1 amide bonds. The summed E-state index contributed by atoms with van der Waals surface area (Å²) in [5, 5.41) is 6.71. The molecule has 0 aromatic carbocycles. The highest BCUT2D eigenvalue weighted by Gasteiger charge is 2.27. The van der Waals surface area contributed by atoms with Crippen molar-refractivity contribution in [1.29, 1.82) is 0 Å². The summed E-state index contributed by atoms with van der Waals surface area (Å²) in [7, 11) is -3.37. The van der Waals surface area contributed by atoms with Gasteiger partial charge >= 0.3 is 0 Å². The fourth-order valence-electron chi connectivity index (χ4n) is 2.97. The molecule has 2 aromatic heterocycles. The molecule has 7 nitrogen and oxygen atoms in total. The first-order valence-electron chi connectivity index (χ1n) is 8.96. The van der Waals surface area contributed by atoms with Crippen LogP contribution in [0.25, 0.3) is 0 Å². The number of carbonyl (C=O) groups is 1. The van der Waals surface area contributed by atoms with E-state index < -0.39 is 10.0 Å². The molecular formula is C18H24N4O3S2. The van der Waals surface area contributed by atoms with E-state index in [-0.39, 0.29) is 18.2 Å². The normalized spacial score (nSPS) is 15.6. The molecule has 2 aromatic rings. The molecule has 0 spiro atoms. The number of piperazine rings is 1. The van der Waals surface area contributed by atoms with Crippen molar-refractivity contribution in [2.24, 2.45) is 0 Å². The average Bonchev–Trinajstić information content (AvgIpc) is 3.21. The minimum absolute atomic E-state index is 0.0687. The van der Waals surface area contributed by atoms with E-state index >= 15 is 0 Å². The van der Waals surface area contributed by atoms with Gasteiger partial charge in [-0.15, -0.1) is 0 Å². The second kappa shape index (κ2) is 9.29. The number of carbonyl (C=O) groups excluding carboxylic acids is 1. The molecule has 1 aliphatic rings. The van der Waals surface area contributed by atoms with E-state index in [4.69, 9.17) is 0 Å². The number of anilines is 1. The van der Waals surface area contributed by atoms with Crippen LogP contribution in [0.2, 0.25) is 0 Å². The first-order valence-corrected chi connectivity index (χ1v) is 11.5. The number of pyridine rings is 1. The average molecular weight is 409 g/mol. The van der Waals surface area contributed by atoms with E-state index in [0.717, 1.165) is 11.4 Å². The number of amides is 1. The Labute approximate surface area is 164 Å². The van der Waals surface area contributed by atoms with Crippen molar-refractivity contribution in [2.45, 2.75) is 12.8 Å². The van der Waals surface area contributed by atoms with Gasteiger partial charge in [0.05, 0.1) is 5.75 Å². The van der Waals surface area contributed by atoms with Crippen LogP contribution in [0.1, 0.15) is 12.0 Å². The SMILES string of the molecule is O=C(CCc1ccsc1)NCCS(=O)(=O)N1CCN(c2ccccn2)CC1. The van der Waals surface area contributed by atoms with Gasteiger partial charge in [0.1, 0.15) is 5.82 Å². The minimum atomic E-state index is -3.37. The highest BCUT2D eigenvalue weighted by Crippen LogP contribution is 2.14. The summed E-state index contributed by atoms with van der Waals surface area (Å²) in [5.74, 6) is 0.685. The van der Waals surface area contributed by atoms with Crippen LogP contribution in [0.15, 0.2) is 41.2 Å². The number of aromatic nitrogens is 1. The number of thiophene rings is 1. The fraction of sp³-hybridized carbons (Fsp3) is 0.444. The summed E-state index contributed by atoms with van der Waals surface area (Å²) in [5.41, 5.74) is 1.13. The monoisotopic (exact) mass is 408 g/mol. The first kappa shape index (κ1) is 19.8. The molecule has 9 heteroatoms. The topological polar surface area (TPSA) is 82.6 Å². The van der Waals surface area contributed by atoms with Gasteiger partial charge in [-0.1, -0.05) is 6.07 Å². The van der Waals surface area contributed by atoms with E-state index in [1.165, 1.54) is 4.31 Å². The third-order valence-corrected chi connectivity index (χ3v) is 7.11. The number of nitrogens with one attached hydrogen (secondary N) is 1. The predicted octanol–water partition coefficient (Wildman–Crippen LogP) is 1.34. The largest absolute Gasteiger partial charge is 0.355 e. The van der Waals surface area contributed by atoms with Crippen molar-refractivity contribution >= 4 is 33.1 Å². The Bertz CT molecular complexity index is 818. The summed E-state index contributed by atoms with van der Waals surface area (Å²) in [6.45, 7) is 2.24. The lowest BCUT2D eigenvalue weighted by Crippen LogP contribution is -2.50. The summed E-state index contributed by atoms with van der Waals surface area (Å²) in [6.07, 6.45) is 2.79. The molecule has 1 saturated heterocycles. The predicted molar refractivity (Wildman–Crippen MR) is 107 cm³/mol. The third kappa shape index (κ3) is 5.75. The Kier molecular flexibility index (Phi) is 6.81. The Balaban J connectivity index is 1.39. The quantitative estimate of drug-likeness (QED) is 0.713. The summed E-state index contributed by atoms with van der Waals surface area (Å²) in [4.78, 5) is 18.3. The second-order valence-corrected chi connectivity index (χ2v) is 9.24. The van der Waals surface area contributed by atoms with Gasteiger partial charge in [0.15, 0.2) is 0 Å². The van der Waals surface area contributed by atoms with Crippen LogP contribution in [0.5, 0.6) is 0 Å². The van der Waals surface area contributed by atoms with Crippen molar-refractivity contribution in [3.63, 3.8) is 0 Å². The lowest BCUT2D eigenvalue weighted by atomic mass is 10.2. The zero-order valence-corrected chi connectivity index (χ0v) is 16.7. The highest BCUT2D eigenvalue weighted by molar-refractivity contribution is 7.89. The van der Waals surface area contributed by atoms with Gasteiger partial charge in [0.25, 0.3) is 0 Å². The molecule has 0 unspecified atom stereocenters. The van der Waals surface area contributed by atoms with Crippen molar-refractivity contribution in [3.05, 3.63) is 46.8 Å². The zero-order valence-electron chi connectivity index (χ0n) is 15.1. The fourth-order valence-corrected chi connectivity index (χ4v) is 5.01. The van der Waals surface area contributed by atoms with Gasteiger partial charge in [-0.3, -0.25) is 4.79 Å². The molecule has 1 fully saturated rings. The van der Waals surface area contributed by atoms with E-state index in [9.17, 15) is 13.2 Å². The van der Waals surface area contributed by atoms with Gasteiger partial charge in [-0.25, -0.2) is 13.4 Å². The van der Waals surface area contributed by atoms with Gasteiger partial charge in [-0.05, 0) is 40.9 Å². The zero-order chi connectivity index (χ0) is 19.1. The third-order valence-electron chi connectivity index (χ3n) is 4.51. The van der Waals surface area contributed by atoms with Crippen LogP contribution in [0.3, 0.4) is 0 Å². The molecule has 3 rings (SSSR count). The van der Waals surface area contributed by atoms with E-state index in [1.807, 2.05) is 35.0 Å². The summed E-state index contributed by atoms with van der Waals surface area (Å²) < 4.78 is 26.5. The van der Waals surface area contributed by atoms with Crippen LogP contribution in [-0.4, -0.2) is 62.1 Å². The number of rotatable bonds is 8. The van der Waals surface area contributed by atoms with Crippen LogP contribution in [0, 0.1) is 0 Å². The molecule has 0 atom stereocenters. The van der Waals surface area contributed by atoms with Gasteiger partial charge in [0.2, 0.25) is 15.9 Å². The van der Waals surface area contributed by atoms with Crippen LogP contribution in [0.4, 0.5) is 5.82 Å². The number of hydrogen-bond acceptors (Lipinski definition) is 6. The summed E-state index contributed by atoms with van der Waals surface area (Å²) >= 11 is 1.60. The Morgan fingerprint density at radius 3 is 2.67 bits per heavy atom. The van der Waals surface area contributed by atoms with Gasteiger partial charge in [0, 0.05) is 45.3 Å². The molecule has 27 heavy (non-hydrogen) atoms. The van der Waals surface area contributed by atoms with Crippen LogP contribution < -0.4 is 10.2 Å². The maximum absolute atomic E-state index is 12.5. The van der Waals surface area contributed by atoms with Gasteiger partial charge in [-0.2, -0.15) is 15.6 Å². The van der Waals surface area contributed by atoms with Crippen LogP contribution in [-0.2, 0) is 21.2 Å². The molecule has 0 saturated carbocycles. The smallest absolute Gasteiger partial charge is 0.220 e. The molecule has 0 radical (unpaired) electrons. The Hall–Kier alpha value is -1.97. The Morgan fingerprint density at radius 1 is 1.19 bits per heavy atom. The maximum Gasteiger partial charge on any atom is 0.220 e. The molecule has 3 heterocycles. The second-order valence-electron chi connectivity index (χ2n) is 6.37. The molecule has 1 aliphatic heterocycles. The molecule has 146 valence electrons. The minimum Gasteiger partial charge on any atom is -0.355 e. The van der Waals surface area contributed by atoms with Crippen molar-refractivity contribution < 1.29 is 13.2 Å². The van der Waals surface area contributed by atoms with Crippen molar-refractivity contribution in [3.8, 4) is 0 Å². The molecule has 1 N–H and O–H groups in total. The number of aryl methyl sites for hydroxylation is 1.